The molecule has 8 nitrogen and oxygen atoms in total. The molecule has 0 atom stereocenters. The van der Waals surface area contributed by atoms with E-state index in [1.807, 2.05) is 0 Å². The summed E-state index contributed by atoms with van der Waals surface area (Å²) in [6.07, 6.45) is -0.0676. The Labute approximate surface area is 155 Å². The van der Waals surface area contributed by atoms with Crippen LogP contribution in [-0.4, -0.2) is 36.2 Å². The molecule has 0 fully saturated rings. The van der Waals surface area contributed by atoms with Gasteiger partial charge < -0.3 is 19.3 Å². The van der Waals surface area contributed by atoms with Gasteiger partial charge in [-0.3, -0.25) is 4.79 Å². The van der Waals surface area contributed by atoms with Crippen molar-refractivity contribution in [2.45, 2.75) is 6.42 Å². The van der Waals surface area contributed by atoms with Gasteiger partial charge in [0, 0.05) is 11.3 Å². The molecule has 1 aromatic heterocycles. The number of benzene rings is 2. The molecule has 8 heteroatoms. The average Bonchev–Trinajstić information content (AvgIpc) is 3.16. The van der Waals surface area contributed by atoms with Crippen molar-refractivity contribution in [3.63, 3.8) is 0 Å². The highest BCUT2D eigenvalue weighted by Gasteiger charge is 2.13. The summed E-state index contributed by atoms with van der Waals surface area (Å²) in [5, 5.41) is 6.59. The largest absolute Gasteiger partial charge is 0.497 e. The van der Waals surface area contributed by atoms with Gasteiger partial charge in [0.15, 0.2) is 0 Å². The number of rotatable bonds is 6. The van der Waals surface area contributed by atoms with Gasteiger partial charge >= 0.3 is 5.97 Å². The summed E-state index contributed by atoms with van der Waals surface area (Å²) < 4.78 is 14.9. The highest BCUT2D eigenvalue weighted by Crippen LogP contribution is 2.20. The van der Waals surface area contributed by atoms with Crippen LogP contribution in [0.25, 0.3) is 11.4 Å². The smallest absolute Gasteiger partial charge is 0.337 e. The van der Waals surface area contributed by atoms with Gasteiger partial charge in [0.05, 0.1) is 19.8 Å². The third-order valence-electron chi connectivity index (χ3n) is 3.72. The van der Waals surface area contributed by atoms with Gasteiger partial charge in [-0.2, -0.15) is 4.98 Å². The second kappa shape index (κ2) is 8.13. The normalized spacial score (nSPS) is 10.3. The van der Waals surface area contributed by atoms with Crippen LogP contribution in [0.15, 0.2) is 53.1 Å². The Morgan fingerprint density at radius 1 is 1.04 bits per heavy atom. The fourth-order valence-electron chi connectivity index (χ4n) is 2.33. The fourth-order valence-corrected chi connectivity index (χ4v) is 2.33. The second-order valence-electron chi connectivity index (χ2n) is 5.53. The topological polar surface area (TPSA) is 104 Å². The van der Waals surface area contributed by atoms with Crippen LogP contribution >= 0.6 is 0 Å². The number of anilines is 1. The SMILES string of the molecule is COC(=O)c1ccc(NC(=O)Cc2nc(-c3ccc(OC)cc3)no2)cc1. The van der Waals surface area contributed by atoms with Gasteiger partial charge in [-0.25, -0.2) is 4.79 Å². The summed E-state index contributed by atoms with van der Waals surface area (Å²) >= 11 is 0. The minimum absolute atomic E-state index is 0.0676. The van der Waals surface area contributed by atoms with E-state index in [0.29, 0.717) is 17.1 Å². The van der Waals surface area contributed by atoms with E-state index in [-0.39, 0.29) is 18.2 Å². The van der Waals surface area contributed by atoms with Crippen LogP contribution in [0.4, 0.5) is 5.69 Å². The highest BCUT2D eigenvalue weighted by atomic mass is 16.5. The van der Waals surface area contributed by atoms with E-state index in [4.69, 9.17) is 9.26 Å². The molecule has 0 aliphatic heterocycles. The lowest BCUT2D eigenvalue weighted by atomic mass is 10.2. The molecular weight excluding hydrogens is 350 g/mol. The molecule has 0 unspecified atom stereocenters. The van der Waals surface area contributed by atoms with Gasteiger partial charge in [0.1, 0.15) is 12.2 Å². The van der Waals surface area contributed by atoms with Gasteiger partial charge in [-0.1, -0.05) is 5.16 Å². The Morgan fingerprint density at radius 2 is 1.74 bits per heavy atom. The molecule has 1 N–H and O–H groups in total. The lowest BCUT2D eigenvalue weighted by Gasteiger charge is -2.04. The zero-order chi connectivity index (χ0) is 19.2. The molecule has 27 heavy (non-hydrogen) atoms. The number of ether oxygens (including phenoxy) is 2. The van der Waals surface area contributed by atoms with E-state index in [1.165, 1.54) is 7.11 Å². The Balaban J connectivity index is 1.61. The van der Waals surface area contributed by atoms with E-state index in [2.05, 4.69) is 20.2 Å². The van der Waals surface area contributed by atoms with Crippen LogP contribution in [0.3, 0.4) is 0 Å². The van der Waals surface area contributed by atoms with Crippen LogP contribution < -0.4 is 10.1 Å². The van der Waals surface area contributed by atoms with Crippen LogP contribution in [0.2, 0.25) is 0 Å². The number of nitrogens with zero attached hydrogens (tertiary/aromatic N) is 2. The Morgan fingerprint density at radius 3 is 2.37 bits per heavy atom. The second-order valence-corrected chi connectivity index (χ2v) is 5.53. The predicted octanol–water partition coefficient (Wildman–Crippen LogP) is 2.71. The minimum atomic E-state index is -0.440. The number of carbonyl (C=O) groups excluding carboxylic acids is 2. The first kappa shape index (κ1) is 18.1. The summed E-state index contributed by atoms with van der Waals surface area (Å²) in [7, 11) is 2.89. The number of hydrogen-bond donors (Lipinski definition) is 1. The van der Waals surface area contributed by atoms with Crippen molar-refractivity contribution in [1.82, 2.24) is 10.1 Å². The first-order valence-corrected chi connectivity index (χ1v) is 8.04. The number of aromatic nitrogens is 2. The lowest BCUT2D eigenvalue weighted by molar-refractivity contribution is -0.115. The first-order valence-electron chi connectivity index (χ1n) is 8.04. The van der Waals surface area contributed by atoms with Crippen molar-refractivity contribution in [3.8, 4) is 17.1 Å². The van der Waals surface area contributed by atoms with Crippen LogP contribution in [-0.2, 0) is 16.0 Å². The molecule has 138 valence electrons. The van der Waals surface area contributed by atoms with E-state index in [9.17, 15) is 9.59 Å². The van der Waals surface area contributed by atoms with Crippen LogP contribution in [0.1, 0.15) is 16.2 Å². The zero-order valence-corrected chi connectivity index (χ0v) is 14.8. The van der Waals surface area contributed by atoms with E-state index in [1.54, 1.807) is 55.6 Å². The summed E-state index contributed by atoms with van der Waals surface area (Å²) in [6.45, 7) is 0. The molecule has 1 amide bonds. The average molecular weight is 367 g/mol. The molecule has 2 aromatic carbocycles. The van der Waals surface area contributed by atoms with E-state index in [0.717, 1.165) is 11.3 Å². The number of nitrogens with one attached hydrogen (secondary N) is 1. The summed E-state index contributed by atoms with van der Waals surface area (Å²) in [4.78, 5) is 27.8. The fraction of sp³-hybridized carbons (Fsp3) is 0.158. The first-order chi connectivity index (χ1) is 13.1. The summed E-state index contributed by atoms with van der Waals surface area (Å²) in [5.74, 6) is 0.558. The molecule has 0 bridgehead atoms. The highest BCUT2D eigenvalue weighted by molar-refractivity contribution is 5.93. The number of amides is 1. The van der Waals surface area contributed by atoms with E-state index >= 15 is 0 Å². The number of methoxy groups -OCH3 is 2. The van der Waals surface area contributed by atoms with Gasteiger partial charge in [0.25, 0.3) is 0 Å². The van der Waals surface area contributed by atoms with Crippen molar-refractivity contribution >= 4 is 17.6 Å². The molecule has 0 saturated carbocycles. The molecule has 0 aliphatic carbocycles. The Hall–Kier alpha value is -3.68. The predicted molar refractivity (Wildman–Crippen MR) is 96.4 cm³/mol. The third-order valence-corrected chi connectivity index (χ3v) is 3.72. The summed E-state index contributed by atoms with van der Waals surface area (Å²) in [6, 6.07) is 13.5. The molecule has 0 saturated heterocycles. The number of hydrogen-bond acceptors (Lipinski definition) is 7. The van der Waals surface area contributed by atoms with Crippen molar-refractivity contribution < 1.29 is 23.6 Å². The van der Waals surface area contributed by atoms with Gasteiger partial charge in [-0.15, -0.1) is 0 Å². The molecule has 3 rings (SSSR count). The van der Waals surface area contributed by atoms with Crippen LogP contribution in [0, 0.1) is 0 Å². The quantitative estimate of drug-likeness (QED) is 0.668. The molecule has 0 radical (unpaired) electrons. The molecule has 1 heterocycles. The monoisotopic (exact) mass is 367 g/mol. The van der Waals surface area contributed by atoms with Gasteiger partial charge in [0.2, 0.25) is 17.6 Å². The van der Waals surface area contributed by atoms with E-state index < -0.39 is 5.97 Å². The van der Waals surface area contributed by atoms with Gasteiger partial charge in [-0.05, 0) is 48.5 Å². The molecule has 0 spiro atoms. The molecule has 3 aromatic rings. The number of esters is 1. The van der Waals surface area contributed by atoms with Crippen molar-refractivity contribution in [2.24, 2.45) is 0 Å². The molecular formula is C19H17N3O5. The van der Waals surface area contributed by atoms with Crippen LogP contribution in [0.5, 0.6) is 5.75 Å². The van der Waals surface area contributed by atoms with Crippen molar-refractivity contribution in [3.05, 3.63) is 60.0 Å². The molecule has 0 aliphatic rings. The van der Waals surface area contributed by atoms with Crippen molar-refractivity contribution in [1.29, 1.82) is 0 Å². The Bertz CT molecular complexity index is 933. The third kappa shape index (κ3) is 4.49. The number of carbonyl (C=O) groups is 2. The summed E-state index contributed by atoms with van der Waals surface area (Å²) in [5.41, 5.74) is 1.70. The minimum Gasteiger partial charge on any atom is -0.497 e. The zero-order valence-electron chi connectivity index (χ0n) is 14.8. The maximum absolute atomic E-state index is 12.1. The maximum atomic E-state index is 12.1. The standard InChI is InChI=1S/C19H17N3O5/c1-25-15-9-5-12(6-10-15)18-21-17(27-22-18)11-16(23)20-14-7-3-13(4-8-14)19(24)26-2/h3-10H,11H2,1-2H3,(H,20,23). The maximum Gasteiger partial charge on any atom is 0.337 e. The lowest BCUT2D eigenvalue weighted by Crippen LogP contribution is -2.14. The Kier molecular flexibility index (Phi) is 5.46. The van der Waals surface area contributed by atoms with Crippen molar-refractivity contribution in [2.75, 3.05) is 19.5 Å².